The molecule has 1 amide bonds. The summed E-state index contributed by atoms with van der Waals surface area (Å²) in [5.74, 6) is -0.0337. The highest BCUT2D eigenvalue weighted by Gasteiger charge is 2.37. The van der Waals surface area contributed by atoms with E-state index in [0.717, 1.165) is 5.56 Å². The van der Waals surface area contributed by atoms with Gasteiger partial charge in [-0.25, -0.2) is 8.42 Å². The lowest BCUT2D eigenvalue weighted by molar-refractivity contribution is 0.0963. The van der Waals surface area contributed by atoms with Crippen LogP contribution >= 0.6 is 0 Å². The Kier molecular flexibility index (Phi) is 4.14. The van der Waals surface area contributed by atoms with Gasteiger partial charge in [0.1, 0.15) is 0 Å². The molecule has 0 aliphatic carbocycles. The van der Waals surface area contributed by atoms with Gasteiger partial charge in [-0.2, -0.15) is 4.31 Å². The molecule has 1 aromatic heterocycles. The molecule has 120 valence electrons. The van der Waals surface area contributed by atoms with E-state index in [9.17, 15) is 13.2 Å². The zero-order chi connectivity index (χ0) is 16.4. The molecule has 23 heavy (non-hydrogen) atoms. The average molecular weight is 331 g/mol. The number of nitrogens with one attached hydrogen (secondary N) is 1. The Hall–Kier alpha value is -2.25. The lowest BCUT2D eigenvalue weighted by atomic mass is 9.95. The van der Waals surface area contributed by atoms with Crippen LogP contribution in [0.5, 0.6) is 0 Å². The molecule has 0 unspecified atom stereocenters. The maximum Gasteiger partial charge on any atom is 0.251 e. The molecule has 0 atom stereocenters. The zero-order valence-corrected chi connectivity index (χ0v) is 13.5. The number of pyridine rings is 1. The van der Waals surface area contributed by atoms with Crippen molar-refractivity contribution in [2.24, 2.45) is 0 Å². The predicted octanol–water partition coefficient (Wildman–Crippen LogP) is 1.23. The zero-order valence-electron chi connectivity index (χ0n) is 12.6. The molecule has 3 rings (SSSR count). The summed E-state index contributed by atoms with van der Waals surface area (Å²) in [5, 5.41) is 2.50. The minimum absolute atomic E-state index is 0.206. The van der Waals surface area contributed by atoms with E-state index in [0.29, 0.717) is 18.7 Å². The fourth-order valence-electron chi connectivity index (χ4n) is 2.55. The van der Waals surface area contributed by atoms with E-state index in [1.165, 1.54) is 35.6 Å². The second kappa shape index (κ2) is 6.10. The van der Waals surface area contributed by atoms with Crippen LogP contribution in [-0.4, -0.2) is 43.8 Å². The van der Waals surface area contributed by atoms with Gasteiger partial charge in [0.25, 0.3) is 5.91 Å². The van der Waals surface area contributed by atoms with Gasteiger partial charge in [-0.3, -0.25) is 9.78 Å². The van der Waals surface area contributed by atoms with Crippen molar-refractivity contribution in [3.05, 3.63) is 59.9 Å². The van der Waals surface area contributed by atoms with Gasteiger partial charge in [-0.05, 0) is 42.0 Å². The van der Waals surface area contributed by atoms with Crippen LogP contribution in [0.3, 0.4) is 0 Å². The first-order valence-corrected chi connectivity index (χ1v) is 8.68. The fraction of sp³-hybridized carbons (Fsp3) is 0.250. The Bertz CT molecular complexity index is 798. The van der Waals surface area contributed by atoms with Gasteiger partial charge >= 0.3 is 0 Å². The third kappa shape index (κ3) is 2.97. The van der Waals surface area contributed by atoms with Gasteiger partial charge in [-0.1, -0.05) is 0 Å². The Morgan fingerprint density at radius 1 is 1.13 bits per heavy atom. The highest BCUT2D eigenvalue weighted by atomic mass is 32.2. The highest BCUT2D eigenvalue weighted by Crippen LogP contribution is 2.31. The summed E-state index contributed by atoms with van der Waals surface area (Å²) in [6, 6.07) is 9.80. The average Bonchev–Trinajstić information content (AvgIpc) is 2.53. The third-order valence-electron chi connectivity index (χ3n) is 4.01. The van der Waals surface area contributed by atoms with Crippen molar-refractivity contribution < 1.29 is 13.2 Å². The van der Waals surface area contributed by atoms with Crippen LogP contribution in [-0.2, 0) is 10.0 Å². The lowest BCUT2D eigenvalue weighted by Crippen LogP contribution is -2.48. The molecule has 1 aromatic carbocycles. The van der Waals surface area contributed by atoms with Gasteiger partial charge in [0.15, 0.2) is 0 Å². The van der Waals surface area contributed by atoms with Crippen LogP contribution in [0.2, 0.25) is 0 Å². The van der Waals surface area contributed by atoms with E-state index in [1.54, 1.807) is 12.4 Å². The predicted molar refractivity (Wildman–Crippen MR) is 85.6 cm³/mol. The molecule has 0 bridgehead atoms. The fourth-order valence-corrected chi connectivity index (χ4v) is 4.08. The molecular weight excluding hydrogens is 314 g/mol. The number of carbonyl (C=O) groups excluding carboxylic acids is 1. The van der Waals surface area contributed by atoms with Crippen LogP contribution in [0.1, 0.15) is 21.8 Å². The molecule has 7 heteroatoms. The highest BCUT2D eigenvalue weighted by molar-refractivity contribution is 7.89. The van der Waals surface area contributed by atoms with Gasteiger partial charge < -0.3 is 5.32 Å². The first-order valence-electron chi connectivity index (χ1n) is 7.24. The number of benzene rings is 1. The minimum atomic E-state index is -3.51. The summed E-state index contributed by atoms with van der Waals surface area (Å²) in [6.45, 7) is 0.924. The Balaban J connectivity index is 1.72. The molecule has 2 aromatic rings. The van der Waals surface area contributed by atoms with Crippen molar-refractivity contribution in [1.82, 2.24) is 14.6 Å². The maximum atomic E-state index is 12.6. The number of carbonyl (C=O) groups is 1. The number of amides is 1. The van der Waals surface area contributed by atoms with Crippen molar-refractivity contribution in [2.45, 2.75) is 10.8 Å². The standard InChI is InChI=1S/C16H17N3O3S/c1-17-16(20)13-2-4-15(5-3-13)23(21,22)19-10-14(11-19)12-6-8-18-9-7-12/h2-9,14H,10-11H2,1H3,(H,17,20). The van der Waals surface area contributed by atoms with Crippen molar-refractivity contribution in [1.29, 1.82) is 0 Å². The van der Waals surface area contributed by atoms with E-state index in [1.807, 2.05) is 12.1 Å². The van der Waals surface area contributed by atoms with E-state index >= 15 is 0 Å². The summed E-state index contributed by atoms with van der Waals surface area (Å²) in [6.07, 6.45) is 3.42. The minimum Gasteiger partial charge on any atom is -0.355 e. The molecule has 6 nitrogen and oxygen atoms in total. The molecule has 1 aliphatic heterocycles. The molecule has 0 radical (unpaired) electrons. The quantitative estimate of drug-likeness (QED) is 0.914. The molecule has 0 spiro atoms. The molecular formula is C16H17N3O3S. The third-order valence-corrected chi connectivity index (χ3v) is 5.85. The summed E-state index contributed by atoms with van der Waals surface area (Å²) >= 11 is 0. The first kappa shape index (κ1) is 15.6. The van der Waals surface area contributed by atoms with Gasteiger partial charge in [0.2, 0.25) is 10.0 Å². The van der Waals surface area contributed by atoms with Gasteiger partial charge in [-0.15, -0.1) is 0 Å². The summed E-state index contributed by atoms with van der Waals surface area (Å²) < 4.78 is 26.6. The smallest absolute Gasteiger partial charge is 0.251 e. The van der Waals surface area contributed by atoms with E-state index in [-0.39, 0.29) is 16.7 Å². The number of rotatable bonds is 4. The first-order chi connectivity index (χ1) is 11.0. The number of nitrogens with zero attached hydrogens (tertiary/aromatic N) is 2. The Morgan fingerprint density at radius 3 is 2.30 bits per heavy atom. The molecule has 1 saturated heterocycles. The lowest BCUT2D eigenvalue weighted by Gasteiger charge is -2.38. The normalized spacial score (nSPS) is 15.9. The molecule has 1 fully saturated rings. The van der Waals surface area contributed by atoms with Crippen molar-refractivity contribution in [2.75, 3.05) is 20.1 Å². The Morgan fingerprint density at radius 2 is 1.74 bits per heavy atom. The second-order valence-electron chi connectivity index (χ2n) is 5.40. The number of hydrogen-bond donors (Lipinski definition) is 1. The van der Waals surface area contributed by atoms with Crippen molar-refractivity contribution >= 4 is 15.9 Å². The molecule has 1 N–H and O–H groups in total. The van der Waals surface area contributed by atoms with Crippen LogP contribution in [0.4, 0.5) is 0 Å². The van der Waals surface area contributed by atoms with Crippen LogP contribution in [0.15, 0.2) is 53.7 Å². The summed E-state index contributed by atoms with van der Waals surface area (Å²) in [4.78, 5) is 15.7. The summed E-state index contributed by atoms with van der Waals surface area (Å²) in [5.41, 5.74) is 1.53. The summed E-state index contributed by atoms with van der Waals surface area (Å²) in [7, 11) is -1.97. The molecule has 0 saturated carbocycles. The number of aromatic nitrogens is 1. The van der Waals surface area contributed by atoms with Crippen molar-refractivity contribution in [3.63, 3.8) is 0 Å². The SMILES string of the molecule is CNC(=O)c1ccc(S(=O)(=O)N2CC(c3ccncc3)C2)cc1. The van der Waals surface area contributed by atoms with E-state index < -0.39 is 10.0 Å². The van der Waals surface area contributed by atoms with Gasteiger partial charge in [0.05, 0.1) is 4.90 Å². The molecule has 2 heterocycles. The Labute approximate surface area is 135 Å². The molecule has 1 aliphatic rings. The maximum absolute atomic E-state index is 12.6. The second-order valence-corrected chi connectivity index (χ2v) is 7.34. The van der Waals surface area contributed by atoms with Gasteiger partial charge in [0, 0.05) is 44.0 Å². The van der Waals surface area contributed by atoms with Crippen LogP contribution in [0.25, 0.3) is 0 Å². The van der Waals surface area contributed by atoms with E-state index in [2.05, 4.69) is 10.3 Å². The monoisotopic (exact) mass is 331 g/mol. The van der Waals surface area contributed by atoms with Crippen molar-refractivity contribution in [3.8, 4) is 0 Å². The van der Waals surface area contributed by atoms with Crippen LogP contribution < -0.4 is 5.32 Å². The van der Waals surface area contributed by atoms with Crippen LogP contribution in [0, 0.1) is 0 Å². The number of hydrogen-bond acceptors (Lipinski definition) is 4. The largest absolute Gasteiger partial charge is 0.355 e. The topological polar surface area (TPSA) is 79.4 Å². The van der Waals surface area contributed by atoms with E-state index in [4.69, 9.17) is 0 Å². The number of sulfonamides is 1.